The third-order valence-corrected chi connectivity index (χ3v) is 5.72. The van der Waals surface area contributed by atoms with Crippen LogP contribution in [0.3, 0.4) is 0 Å². The van der Waals surface area contributed by atoms with Crippen molar-refractivity contribution in [1.82, 2.24) is 9.88 Å². The van der Waals surface area contributed by atoms with E-state index in [0.29, 0.717) is 24.5 Å². The van der Waals surface area contributed by atoms with Crippen molar-refractivity contribution in [2.75, 3.05) is 19.7 Å². The van der Waals surface area contributed by atoms with E-state index in [2.05, 4.69) is 4.98 Å². The predicted molar refractivity (Wildman–Crippen MR) is 119 cm³/mol. The first-order chi connectivity index (χ1) is 14.8. The summed E-state index contributed by atoms with van der Waals surface area (Å²) in [6.07, 6.45) is 0.166. The van der Waals surface area contributed by atoms with E-state index < -0.39 is 5.60 Å². The summed E-state index contributed by atoms with van der Waals surface area (Å²) in [7, 11) is 0. The van der Waals surface area contributed by atoms with Crippen molar-refractivity contribution in [3.05, 3.63) is 65.9 Å². The maximum atomic E-state index is 12.8. The van der Waals surface area contributed by atoms with Crippen molar-refractivity contribution in [3.8, 4) is 11.5 Å². The molecule has 1 aromatic heterocycles. The molecular weight excluding hydrogens is 392 g/mol. The van der Waals surface area contributed by atoms with Crippen molar-refractivity contribution in [2.45, 2.75) is 38.9 Å². The van der Waals surface area contributed by atoms with E-state index in [9.17, 15) is 9.90 Å². The zero-order valence-corrected chi connectivity index (χ0v) is 18.2. The number of amides is 1. The Labute approximate surface area is 182 Å². The molecule has 6 heteroatoms. The molecule has 0 unspecified atom stereocenters. The van der Waals surface area contributed by atoms with Crippen LogP contribution in [-0.4, -0.2) is 52.3 Å². The lowest BCUT2D eigenvalue weighted by molar-refractivity contribution is -0.147. The molecule has 1 fully saturated rings. The molecule has 1 N–H and O–H groups in total. The normalized spacial score (nSPS) is 21.2. The fraction of sp³-hybridized carbons (Fsp3) is 0.360. The van der Waals surface area contributed by atoms with Crippen LogP contribution in [0.1, 0.15) is 24.6 Å². The Kier molecular flexibility index (Phi) is 5.83. The molecule has 0 spiro atoms. The van der Waals surface area contributed by atoms with Gasteiger partial charge in [-0.25, -0.2) is 0 Å². The lowest BCUT2D eigenvalue weighted by Gasteiger charge is -2.42. The molecule has 2 aromatic carbocycles. The first-order valence-corrected chi connectivity index (χ1v) is 10.5. The van der Waals surface area contributed by atoms with E-state index in [0.717, 1.165) is 22.2 Å². The van der Waals surface area contributed by atoms with Crippen molar-refractivity contribution < 1.29 is 19.4 Å². The minimum atomic E-state index is -1.15. The predicted octanol–water partition coefficient (Wildman–Crippen LogP) is 3.66. The summed E-state index contributed by atoms with van der Waals surface area (Å²) in [6.45, 7) is 6.24. The second-order valence-corrected chi connectivity index (χ2v) is 8.40. The summed E-state index contributed by atoms with van der Waals surface area (Å²) >= 11 is 0. The summed E-state index contributed by atoms with van der Waals surface area (Å²) in [5.41, 5.74) is 1.63. The number of nitrogens with zero attached hydrogens (tertiary/aromatic N) is 2. The van der Waals surface area contributed by atoms with Gasteiger partial charge in [-0.3, -0.25) is 9.78 Å². The van der Waals surface area contributed by atoms with Crippen LogP contribution < -0.4 is 9.47 Å². The fourth-order valence-corrected chi connectivity index (χ4v) is 4.05. The second-order valence-electron chi connectivity index (χ2n) is 8.40. The van der Waals surface area contributed by atoms with Crippen molar-refractivity contribution in [1.29, 1.82) is 0 Å². The van der Waals surface area contributed by atoms with Crippen LogP contribution in [0.25, 0.3) is 10.9 Å². The topological polar surface area (TPSA) is 71.9 Å². The van der Waals surface area contributed by atoms with Gasteiger partial charge in [0.2, 0.25) is 0 Å². The summed E-state index contributed by atoms with van der Waals surface area (Å²) < 4.78 is 11.9. The highest BCUT2D eigenvalue weighted by Crippen LogP contribution is 2.29. The monoisotopic (exact) mass is 420 g/mol. The fourth-order valence-electron chi connectivity index (χ4n) is 4.05. The number of piperidine rings is 1. The number of ether oxygens (including phenoxy) is 2. The number of aromatic nitrogens is 1. The first-order valence-electron chi connectivity index (χ1n) is 10.5. The van der Waals surface area contributed by atoms with Gasteiger partial charge in [-0.15, -0.1) is 0 Å². The van der Waals surface area contributed by atoms with E-state index in [1.165, 1.54) is 0 Å². The van der Waals surface area contributed by atoms with Crippen LogP contribution >= 0.6 is 0 Å². The van der Waals surface area contributed by atoms with Gasteiger partial charge < -0.3 is 19.5 Å². The van der Waals surface area contributed by atoms with Crippen molar-refractivity contribution in [2.24, 2.45) is 0 Å². The second kappa shape index (κ2) is 8.55. The van der Waals surface area contributed by atoms with Crippen LogP contribution in [0.4, 0.5) is 0 Å². The highest BCUT2D eigenvalue weighted by molar-refractivity contribution is 5.88. The van der Waals surface area contributed by atoms with E-state index in [1.54, 1.807) is 11.8 Å². The molecule has 3 aromatic rings. The lowest BCUT2D eigenvalue weighted by atomic mass is 9.91. The molecule has 162 valence electrons. The molecule has 31 heavy (non-hydrogen) atoms. The van der Waals surface area contributed by atoms with E-state index in [-0.39, 0.29) is 25.2 Å². The standard InChI is InChI=1S/C25H28N2O4/c1-17-8-7-11-20-21(14-18(2)26-24(17)20)30-15-23(28)27-13-12-22(25(3,29)16-27)31-19-9-5-4-6-10-19/h4-11,14,22,29H,12-13,15-16H2,1-3H3/t22-,25-/m0/s1. The van der Waals surface area contributed by atoms with E-state index >= 15 is 0 Å². The molecule has 0 aliphatic carbocycles. The smallest absolute Gasteiger partial charge is 0.260 e. The Morgan fingerprint density at radius 2 is 1.97 bits per heavy atom. The molecule has 1 saturated heterocycles. The number of para-hydroxylation sites is 2. The van der Waals surface area contributed by atoms with Gasteiger partial charge in [0.1, 0.15) is 23.2 Å². The Morgan fingerprint density at radius 1 is 1.19 bits per heavy atom. The molecular formula is C25H28N2O4. The number of aryl methyl sites for hydroxylation is 2. The van der Waals surface area contributed by atoms with E-state index in [1.807, 2.05) is 68.4 Å². The molecule has 1 aliphatic rings. The number of carbonyl (C=O) groups is 1. The average Bonchev–Trinajstić information content (AvgIpc) is 2.74. The number of β-amino-alcohol motifs (C(OH)–C–C–N with tert-alkyl or cyclic N) is 1. The highest BCUT2D eigenvalue weighted by Gasteiger charge is 2.41. The minimum absolute atomic E-state index is 0.0905. The molecule has 6 nitrogen and oxygen atoms in total. The zero-order chi connectivity index (χ0) is 22.0. The molecule has 0 saturated carbocycles. The number of carbonyl (C=O) groups excluding carboxylic acids is 1. The van der Waals surface area contributed by atoms with Crippen LogP contribution in [0.5, 0.6) is 11.5 Å². The van der Waals surface area contributed by atoms with E-state index in [4.69, 9.17) is 9.47 Å². The zero-order valence-electron chi connectivity index (χ0n) is 18.2. The van der Waals surface area contributed by atoms with Gasteiger partial charge in [0.15, 0.2) is 6.61 Å². The average molecular weight is 421 g/mol. The lowest BCUT2D eigenvalue weighted by Crippen LogP contribution is -2.59. The Morgan fingerprint density at radius 3 is 2.71 bits per heavy atom. The van der Waals surface area contributed by atoms with Gasteiger partial charge in [0, 0.05) is 30.1 Å². The maximum absolute atomic E-state index is 12.8. The number of hydrogen-bond acceptors (Lipinski definition) is 5. The third kappa shape index (κ3) is 4.64. The van der Waals surface area contributed by atoms with Crippen LogP contribution in [0, 0.1) is 13.8 Å². The Balaban J connectivity index is 1.41. The van der Waals surface area contributed by atoms with Crippen molar-refractivity contribution in [3.63, 3.8) is 0 Å². The number of hydrogen-bond donors (Lipinski definition) is 1. The Hall–Kier alpha value is -3.12. The van der Waals surface area contributed by atoms with Crippen molar-refractivity contribution >= 4 is 16.8 Å². The third-order valence-electron chi connectivity index (χ3n) is 5.72. The molecule has 0 radical (unpaired) electrons. The van der Waals surface area contributed by atoms with Gasteiger partial charge in [0.05, 0.1) is 12.1 Å². The van der Waals surface area contributed by atoms with Crippen LogP contribution in [-0.2, 0) is 4.79 Å². The van der Waals surface area contributed by atoms with Crippen LogP contribution in [0.15, 0.2) is 54.6 Å². The molecule has 2 heterocycles. The summed E-state index contributed by atoms with van der Waals surface area (Å²) in [5, 5.41) is 11.8. The summed E-state index contributed by atoms with van der Waals surface area (Å²) in [4.78, 5) is 19.1. The van der Waals surface area contributed by atoms with Gasteiger partial charge >= 0.3 is 0 Å². The largest absolute Gasteiger partial charge is 0.487 e. The number of rotatable bonds is 5. The molecule has 0 bridgehead atoms. The number of likely N-dealkylation sites (tertiary alicyclic amines) is 1. The number of pyridine rings is 1. The molecule has 1 aliphatic heterocycles. The maximum Gasteiger partial charge on any atom is 0.260 e. The number of aliphatic hydroxyl groups is 1. The molecule has 2 atom stereocenters. The van der Waals surface area contributed by atoms with Gasteiger partial charge in [-0.2, -0.15) is 0 Å². The van der Waals surface area contributed by atoms with Gasteiger partial charge in [-0.1, -0.05) is 30.3 Å². The number of fused-ring (bicyclic) bond motifs is 1. The Bertz CT molecular complexity index is 1080. The molecule has 4 rings (SSSR count). The first kappa shape index (κ1) is 21.1. The molecule has 1 amide bonds. The minimum Gasteiger partial charge on any atom is -0.487 e. The quantitative estimate of drug-likeness (QED) is 0.682. The number of benzene rings is 2. The van der Waals surface area contributed by atoms with Gasteiger partial charge in [-0.05, 0) is 44.5 Å². The summed E-state index contributed by atoms with van der Waals surface area (Å²) in [6, 6.07) is 17.2. The van der Waals surface area contributed by atoms with Gasteiger partial charge in [0.25, 0.3) is 5.91 Å². The highest BCUT2D eigenvalue weighted by atomic mass is 16.5. The summed E-state index contributed by atoms with van der Waals surface area (Å²) in [5.74, 6) is 1.20. The van der Waals surface area contributed by atoms with Crippen LogP contribution in [0.2, 0.25) is 0 Å². The SMILES string of the molecule is Cc1cc(OCC(=O)N2CC[C@H](Oc3ccccc3)[C@@](C)(O)C2)c2cccc(C)c2n1.